The third kappa shape index (κ3) is 3.26. The average Bonchev–Trinajstić information content (AvgIpc) is 2.44. The lowest BCUT2D eigenvalue weighted by Gasteiger charge is -2.16. The maximum absolute atomic E-state index is 12.0. The first-order chi connectivity index (χ1) is 8.85. The molecule has 0 radical (unpaired) electrons. The molecule has 0 N–H and O–H groups in total. The fourth-order valence-electron chi connectivity index (χ4n) is 1.52. The predicted molar refractivity (Wildman–Crippen MR) is 68.1 cm³/mol. The molecular weight excluding hydrogens is 273 g/mol. The van der Waals surface area contributed by atoms with Crippen LogP contribution in [0.15, 0.2) is 24.3 Å². The van der Waals surface area contributed by atoms with Crippen LogP contribution in [0.2, 0.25) is 0 Å². The summed E-state index contributed by atoms with van der Waals surface area (Å²) in [4.78, 5) is 22.0. The van der Waals surface area contributed by atoms with E-state index in [2.05, 4.69) is 9.05 Å². The Kier molecular flexibility index (Phi) is 4.94. The highest BCUT2D eigenvalue weighted by Crippen LogP contribution is 2.51. The van der Waals surface area contributed by atoms with Crippen LogP contribution in [0.3, 0.4) is 0 Å². The SMILES string of the molecule is COP(=O)(OC)C(=O)[C@H](C)c1ccc([N+](=O)[O-])cc1. The molecule has 0 aliphatic heterocycles. The van der Waals surface area contributed by atoms with E-state index in [-0.39, 0.29) is 5.69 Å². The third-order valence-electron chi connectivity index (χ3n) is 2.72. The minimum absolute atomic E-state index is 0.0786. The smallest absolute Gasteiger partial charge is 0.307 e. The number of nitrogens with zero attached hydrogens (tertiary/aromatic N) is 1. The van der Waals surface area contributed by atoms with E-state index in [0.29, 0.717) is 5.56 Å². The highest BCUT2D eigenvalue weighted by molar-refractivity contribution is 7.72. The molecule has 1 aromatic rings. The van der Waals surface area contributed by atoms with Crippen LogP contribution in [-0.2, 0) is 18.4 Å². The summed E-state index contributed by atoms with van der Waals surface area (Å²) in [7, 11) is -1.54. The summed E-state index contributed by atoms with van der Waals surface area (Å²) in [6, 6.07) is 5.44. The number of hydrogen-bond acceptors (Lipinski definition) is 6. The molecule has 0 saturated carbocycles. The predicted octanol–water partition coefficient (Wildman–Crippen LogP) is 2.71. The normalized spacial score (nSPS) is 13.0. The Morgan fingerprint density at radius 3 is 2.11 bits per heavy atom. The summed E-state index contributed by atoms with van der Waals surface area (Å²) < 4.78 is 21.2. The average molecular weight is 287 g/mol. The summed E-state index contributed by atoms with van der Waals surface area (Å²) in [6.07, 6.45) is 0. The number of hydrogen-bond donors (Lipinski definition) is 0. The highest BCUT2D eigenvalue weighted by atomic mass is 31.2. The van der Waals surface area contributed by atoms with E-state index in [1.54, 1.807) is 0 Å². The molecule has 0 heterocycles. The van der Waals surface area contributed by atoms with Crippen LogP contribution in [0.4, 0.5) is 5.69 Å². The molecule has 0 unspecified atom stereocenters. The number of nitro groups is 1. The van der Waals surface area contributed by atoms with Crippen LogP contribution >= 0.6 is 7.60 Å². The Balaban J connectivity index is 3.00. The molecule has 1 atom stereocenters. The van der Waals surface area contributed by atoms with Crippen molar-refractivity contribution in [3.8, 4) is 0 Å². The van der Waals surface area contributed by atoms with Gasteiger partial charge < -0.3 is 9.05 Å². The minimum atomic E-state index is -3.80. The molecule has 7 nitrogen and oxygen atoms in total. The van der Waals surface area contributed by atoms with Crippen LogP contribution in [-0.4, -0.2) is 24.7 Å². The quantitative estimate of drug-likeness (QED) is 0.453. The molecule has 1 aromatic carbocycles. The summed E-state index contributed by atoms with van der Waals surface area (Å²) in [5.74, 6) is -0.744. The molecule has 104 valence electrons. The molecule has 0 amide bonds. The van der Waals surface area contributed by atoms with E-state index in [9.17, 15) is 19.5 Å². The summed E-state index contributed by atoms with van der Waals surface area (Å²) in [5, 5.41) is 10.5. The van der Waals surface area contributed by atoms with Crippen molar-refractivity contribution in [2.24, 2.45) is 0 Å². The fourth-order valence-corrected chi connectivity index (χ4v) is 2.65. The standard InChI is InChI=1S/C11H14NO6P/c1-8(11(13)19(16,17-2)18-3)9-4-6-10(7-5-9)12(14)15/h4-8H,1-3H3/t8-/m1/s1. The monoisotopic (exact) mass is 287 g/mol. The van der Waals surface area contributed by atoms with Gasteiger partial charge in [0.1, 0.15) is 0 Å². The third-order valence-corrected chi connectivity index (χ3v) is 4.61. The Hall–Kier alpha value is -1.56. The van der Waals surface area contributed by atoms with Crippen LogP contribution in [0, 0.1) is 10.1 Å². The van der Waals surface area contributed by atoms with Crippen LogP contribution in [0.1, 0.15) is 18.4 Å². The molecule has 0 bridgehead atoms. The van der Waals surface area contributed by atoms with E-state index < -0.39 is 24.0 Å². The maximum Gasteiger partial charge on any atom is 0.396 e. The van der Waals surface area contributed by atoms with Crippen LogP contribution in [0.25, 0.3) is 0 Å². The largest absolute Gasteiger partial charge is 0.396 e. The number of non-ortho nitro benzene ring substituents is 1. The van der Waals surface area contributed by atoms with Crippen molar-refractivity contribution < 1.29 is 23.3 Å². The Morgan fingerprint density at radius 2 is 1.74 bits per heavy atom. The van der Waals surface area contributed by atoms with Crippen molar-refractivity contribution in [1.29, 1.82) is 0 Å². The van der Waals surface area contributed by atoms with Gasteiger partial charge in [0.15, 0.2) is 0 Å². The topological polar surface area (TPSA) is 95.7 Å². The molecule has 0 aliphatic rings. The van der Waals surface area contributed by atoms with Crippen molar-refractivity contribution in [2.75, 3.05) is 14.2 Å². The van der Waals surface area contributed by atoms with Gasteiger partial charge in [-0.1, -0.05) is 19.1 Å². The van der Waals surface area contributed by atoms with E-state index in [4.69, 9.17) is 0 Å². The first-order valence-corrected chi connectivity index (χ1v) is 6.90. The fraction of sp³-hybridized carbons (Fsp3) is 0.364. The lowest BCUT2D eigenvalue weighted by Crippen LogP contribution is -2.12. The molecule has 0 spiro atoms. The second-order valence-corrected chi connectivity index (χ2v) is 5.94. The molecule has 1 rings (SSSR count). The Morgan fingerprint density at radius 1 is 1.26 bits per heavy atom. The van der Waals surface area contributed by atoms with E-state index in [0.717, 1.165) is 14.2 Å². The number of benzene rings is 1. The van der Waals surface area contributed by atoms with Crippen molar-refractivity contribution in [3.63, 3.8) is 0 Å². The Bertz CT molecular complexity index is 518. The number of carbonyl (C=O) groups is 1. The van der Waals surface area contributed by atoms with E-state index in [1.807, 2.05) is 0 Å². The minimum Gasteiger partial charge on any atom is -0.307 e. The van der Waals surface area contributed by atoms with Crippen LogP contribution in [0.5, 0.6) is 0 Å². The van der Waals surface area contributed by atoms with Crippen molar-refractivity contribution in [2.45, 2.75) is 12.8 Å². The van der Waals surface area contributed by atoms with Crippen molar-refractivity contribution in [3.05, 3.63) is 39.9 Å². The first kappa shape index (κ1) is 15.5. The number of rotatable bonds is 6. The molecule has 0 aromatic heterocycles. The second-order valence-electron chi connectivity index (χ2n) is 3.77. The highest BCUT2D eigenvalue weighted by Gasteiger charge is 2.36. The van der Waals surface area contributed by atoms with E-state index in [1.165, 1.54) is 31.2 Å². The summed E-state index contributed by atoms with van der Waals surface area (Å²) >= 11 is 0. The number of carbonyl (C=O) groups excluding carboxylic acids is 1. The van der Waals surface area contributed by atoms with Gasteiger partial charge in [0.25, 0.3) is 11.2 Å². The summed E-state index contributed by atoms with van der Waals surface area (Å²) in [6.45, 7) is 1.54. The first-order valence-electron chi connectivity index (χ1n) is 5.36. The summed E-state index contributed by atoms with van der Waals surface area (Å²) in [5.41, 5.74) is -0.263. The van der Waals surface area contributed by atoms with Crippen molar-refractivity contribution >= 4 is 18.8 Å². The molecule has 0 saturated heterocycles. The van der Waals surface area contributed by atoms with Gasteiger partial charge in [0, 0.05) is 26.4 Å². The van der Waals surface area contributed by atoms with Gasteiger partial charge >= 0.3 is 7.60 Å². The Labute approximate surface area is 110 Å². The molecule has 0 aliphatic carbocycles. The van der Waals surface area contributed by atoms with Gasteiger partial charge in [-0.25, -0.2) is 0 Å². The maximum atomic E-state index is 12.0. The lowest BCUT2D eigenvalue weighted by atomic mass is 10.0. The molecule has 8 heteroatoms. The van der Waals surface area contributed by atoms with Gasteiger partial charge in [0.05, 0.1) is 10.8 Å². The second kappa shape index (κ2) is 6.06. The van der Waals surface area contributed by atoms with Gasteiger partial charge in [-0.15, -0.1) is 0 Å². The van der Waals surface area contributed by atoms with Gasteiger partial charge in [-0.2, -0.15) is 0 Å². The number of nitro benzene ring substituents is 1. The van der Waals surface area contributed by atoms with Crippen LogP contribution < -0.4 is 0 Å². The van der Waals surface area contributed by atoms with Crippen molar-refractivity contribution in [1.82, 2.24) is 0 Å². The zero-order chi connectivity index (χ0) is 14.6. The van der Waals surface area contributed by atoms with Gasteiger partial charge in [0.2, 0.25) is 0 Å². The zero-order valence-electron chi connectivity index (χ0n) is 10.7. The molecular formula is C11H14NO6P. The molecule has 0 fully saturated rings. The van der Waals surface area contributed by atoms with E-state index >= 15 is 0 Å². The van der Waals surface area contributed by atoms with Gasteiger partial charge in [-0.05, 0) is 5.56 Å². The zero-order valence-corrected chi connectivity index (χ0v) is 11.6. The molecule has 19 heavy (non-hydrogen) atoms. The lowest BCUT2D eigenvalue weighted by molar-refractivity contribution is -0.384. The van der Waals surface area contributed by atoms with Gasteiger partial charge in [-0.3, -0.25) is 19.5 Å².